The number of hydrogen-bond acceptors (Lipinski definition) is 10. The van der Waals surface area contributed by atoms with Gasteiger partial charge >= 0.3 is 16.5 Å². The molecule has 0 atom stereocenters. The zero-order valence-electron chi connectivity index (χ0n) is 21.9. The normalized spacial score (nSPS) is 11.4. The molecule has 0 aliphatic carbocycles. The maximum Gasteiger partial charge on any atom is 0.415 e. The summed E-state index contributed by atoms with van der Waals surface area (Å²) in [6.45, 7) is 1.40. The molecule has 0 saturated heterocycles. The van der Waals surface area contributed by atoms with Crippen LogP contribution in [0.5, 0.6) is 11.6 Å². The number of amides is 1. The molecule has 0 aliphatic heterocycles. The number of ether oxygens (including phenoxy) is 2. The van der Waals surface area contributed by atoms with E-state index in [1.54, 1.807) is 25.1 Å². The van der Waals surface area contributed by atoms with E-state index >= 15 is 0 Å². The number of fused-ring (bicyclic) bond motifs is 1. The molecule has 5 rings (SSSR count). The summed E-state index contributed by atoms with van der Waals surface area (Å²) < 4.78 is 59.6. The quantitative estimate of drug-likeness (QED) is 0.144. The van der Waals surface area contributed by atoms with Crippen LogP contribution in [-0.2, 0) is 21.1 Å². The Balaban J connectivity index is 1.24. The Bertz CT molecular complexity index is 1920. The Morgan fingerprint density at radius 3 is 2.50 bits per heavy atom. The minimum Gasteiger partial charge on any atom is -0.490 e. The molecule has 216 valence electrons. The summed E-state index contributed by atoms with van der Waals surface area (Å²) in [5.41, 5.74) is 0.639. The van der Waals surface area contributed by atoms with Gasteiger partial charge in [-0.2, -0.15) is 0 Å². The molecule has 3 aromatic carbocycles. The summed E-state index contributed by atoms with van der Waals surface area (Å²) in [6.07, 6.45) is -0.246. The van der Waals surface area contributed by atoms with Crippen molar-refractivity contribution in [3.8, 4) is 11.6 Å². The summed E-state index contributed by atoms with van der Waals surface area (Å²) in [7, 11) is -4.26. The molecule has 0 fully saturated rings. The van der Waals surface area contributed by atoms with E-state index in [1.807, 2.05) is 0 Å². The smallest absolute Gasteiger partial charge is 0.415 e. The van der Waals surface area contributed by atoms with Gasteiger partial charge in [0.1, 0.15) is 30.4 Å². The van der Waals surface area contributed by atoms with Crippen LogP contribution in [0, 0.1) is 17.9 Å². The highest BCUT2D eigenvalue weighted by molar-refractivity contribution is 7.91. The van der Waals surface area contributed by atoms with E-state index in [9.17, 15) is 27.6 Å². The van der Waals surface area contributed by atoms with Gasteiger partial charge in [0.25, 0.3) is 9.84 Å². The molecule has 0 spiro atoms. The number of benzene rings is 3. The Kier molecular flexibility index (Phi) is 7.88. The van der Waals surface area contributed by atoms with Crippen LogP contribution in [0.3, 0.4) is 0 Å². The van der Waals surface area contributed by atoms with Crippen LogP contribution in [0.2, 0.25) is 0 Å². The lowest BCUT2D eigenvalue weighted by Gasteiger charge is -2.10. The SMILES string of the molecule is Cc1c(CC(=O)Nc2ccc(F)cc2)c(=O)oc2cc(OCCOc3no[n+]([O-])c3S(=O)(=O)c3ccccc3)ccc12. The number of aromatic nitrogens is 2. The van der Waals surface area contributed by atoms with E-state index in [0.29, 0.717) is 22.4 Å². The summed E-state index contributed by atoms with van der Waals surface area (Å²) >= 11 is 0. The number of carbonyl (C=O) groups excluding carboxylic acids is 1. The maximum absolute atomic E-state index is 13.1. The molecule has 14 heteroatoms. The second kappa shape index (κ2) is 11.7. The Labute approximate surface area is 237 Å². The lowest BCUT2D eigenvalue weighted by Crippen LogP contribution is -2.31. The van der Waals surface area contributed by atoms with Crippen LogP contribution in [0.15, 0.2) is 96.6 Å². The number of hydrogen-bond donors (Lipinski definition) is 1. The van der Waals surface area contributed by atoms with E-state index in [4.69, 9.17) is 13.9 Å². The fraction of sp³-hybridized carbons (Fsp3) is 0.143. The third-order valence-electron chi connectivity index (χ3n) is 6.17. The molecule has 0 unspecified atom stereocenters. The van der Waals surface area contributed by atoms with Gasteiger partial charge in [0.15, 0.2) is 0 Å². The van der Waals surface area contributed by atoms with Gasteiger partial charge < -0.3 is 24.4 Å². The molecule has 0 aliphatic rings. The lowest BCUT2D eigenvalue weighted by molar-refractivity contribution is -0.832. The van der Waals surface area contributed by atoms with Gasteiger partial charge in [-0.3, -0.25) is 9.42 Å². The third kappa shape index (κ3) is 5.93. The summed E-state index contributed by atoms with van der Waals surface area (Å²) in [5.74, 6) is -1.11. The number of sulfone groups is 1. The minimum absolute atomic E-state index is 0.0904. The predicted molar refractivity (Wildman–Crippen MR) is 144 cm³/mol. The van der Waals surface area contributed by atoms with Crippen molar-refractivity contribution in [3.63, 3.8) is 0 Å². The highest BCUT2D eigenvalue weighted by Crippen LogP contribution is 2.26. The minimum atomic E-state index is -4.26. The van der Waals surface area contributed by atoms with Crippen LogP contribution in [0.1, 0.15) is 11.1 Å². The van der Waals surface area contributed by atoms with Crippen molar-refractivity contribution in [2.75, 3.05) is 18.5 Å². The standard InChI is InChI=1S/C28H22FN3O9S/c1-17-22-12-11-20(15-24(22)40-28(34)23(17)16-25(33)30-19-9-7-18(29)8-10-19)38-13-14-39-26-27(32(35)41-31-26)42(36,37)21-5-3-2-4-6-21/h2-12,15H,13-14,16H2,1H3,(H,30,33). The van der Waals surface area contributed by atoms with Gasteiger partial charge in [-0.15, -0.1) is 0 Å². The largest absolute Gasteiger partial charge is 0.490 e. The van der Waals surface area contributed by atoms with Crippen molar-refractivity contribution in [1.82, 2.24) is 5.16 Å². The number of halogens is 1. The molecule has 12 nitrogen and oxygen atoms in total. The number of nitrogens with zero attached hydrogens (tertiary/aromatic N) is 2. The van der Waals surface area contributed by atoms with E-state index in [-0.39, 0.29) is 40.6 Å². The summed E-state index contributed by atoms with van der Waals surface area (Å²) in [6, 6.07) is 17.3. The van der Waals surface area contributed by atoms with Crippen LogP contribution in [0.4, 0.5) is 10.1 Å². The lowest BCUT2D eigenvalue weighted by atomic mass is 10.0. The molecule has 0 bridgehead atoms. The van der Waals surface area contributed by atoms with Gasteiger partial charge in [-0.25, -0.2) is 17.6 Å². The Morgan fingerprint density at radius 1 is 1.05 bits per heavy atom. The fourth-order valence-electron chi connectivity index (χ4n) is 4.11. The number of aryl methyl sites for hydroxylation is 1. The van der Waals surface area contributed by atoms with Gasteiger partial charge in [0, 0.05) is 17.1 Å². The second-order valence-electron chi connectivity index (χ2n) is 8.94. The molecule has 5 aromatic rings. The van der Waals surface area contributed by atoms with Crippen molar-refractivity contribution in [2.45, 2.75) is 23.3 Å². The molecule has 1 amide bonds. The van der Waals surface area contributed by atoms with Crippen molar-refractivity contribution >= 4 is 32.4 Å². The average Bonchev–Trinajstić information content (AvgIpc) is 3.35. The highest BCUT2D eigenvalue weighted by atomic mass is 32.2. The van der Waals surface area contributed by atoms with Crippen molar-refractivity contribution in [3.05, 3.63) is 105 Å². The maximum atomic E-state index is 13.1. The molecular weight excluding hydrogens is 573 g/mol. The molecule has 1 N–H and O–H groups in total. The Hall–Kier alpha value is -5.24. The summed E-state index contributed by atoms with van der Waals surface area (Å²) in [5, 5.41) is 17.8. The average molecular weight is 596 g/mol. The first-order chi connectivity index (χ1) is 20.1. The van der Waals surface area contributed by atoms with Gasteiger partial charge in [-0.05, 0) is 65.9 Å². The number of nitrogens with one attached hydrogen (secondary N) is 1. The predicted octanol–water partition coefficient (Wildman–Crippen LogP) is 3.33. The summed E-state index contributed by atoms with van der Waals surface area (Å²) in [4.78, 5) is 24.8. The van der Waals surface area contributed by atoms with E-state index in [0.717, 1.165) is 0 Å². The second-order valence-corrected chi connectivity index (χ2v) is 10.8. The van der Waals surface area contributed by atoms with Crippen molar-refractivity contribution in [2.24, 2.45) is 0 Å². The van der Waals surface area contributed by atoms with Crippen LogP contribution in [0.25, 0.3) is 11.0 Å². The van der Waals surface area contributed by atoms with E-state index in [1.165, 1.54) is 54.6 Å². The van der Waals surface area contributed by atoms with Crippen molar-refractivity contribution < 1.29 is 41.0 Å². The zero-order chi connectivity index (χ0) is 29.9. The topological polar surface area (TPSA) is 165 Å². The number of carbonyl (C=O) groups is 1. The highest BCUT2D eigenvalue weighted by Gasteiger charge is 2.35. The zero-order valence-corrected chi connectivity index (χ0v) is 22.7. The number of rotatable bonds is 10. The van der Waals surface area contributed by atoms with Crippen molar-refractivity contribution in [1.29, 1.82) is 0 Å². The molecule has 2 heterocycles. The first-order valence-corrected chi connectivity index (χ1v) is 13.9. The monoisotopic (exact) mass is 595 g/mol. The fourth-order valence-corrected chi connectivity index (χ4v) is 5.40. The van der Waals surface area contributed by atoms with Gasteiger partial charge in [0.2, 0.25) is 5.91 Å². The third-order valence-corrected chi connectivity index (χ3v) is 7.90. The first kappa shape index (κ1) is 28.3. The van der Waals surface area contributed by atoms with E-state index < -0.39 is 38.1 Å². The molecule has 42 heavy (non-hydrogen) atoms. The molecule has 0 radical (unpaired) electrons. The Morgan fingerprint density at radius 2 is 1.76 bits per heavy atom. The molecule has 0 saturated carbocycles. The first-order valence-electron chi connectivity index (χ1n) is 12.4. The van der Waals surface area contributed by atoms with Crippen LogP contribution < -0.4 is 25.3 Å². The molecule has 2 aromatic heterocycles. The van der Waals surface area contributed by atoms with Gasteiger partial charge in [-0.1, -0.05) is 18.2 Å². The van der Waals surface area contributed by atoms with E-state index in [2.05, 4.69) is 15.1 Å². The van der Waals surface area contributed by atoms with Crippen LogP contribution >= 0.6 is 0 Å². The van der Waals surface area contributed by atoms with Gasteiger partial charge in [0.05, 0.1) is 22.0 Å². The molecular formula is C28H22FN3O9S. The number of anilines is 1. The van der Waals surface area contributed by atoms with Crippen LogP contribution in [-0.4, -0.2) is 32.7 Å².